The number of fused-ring (bicyclic) bond motifs is 1. The quantitative estimate of drug-likeness (QED) is 0.897. The van der Waals surface area contributed by atoms with Gasteiger partial charge in [0.2, 0.25) is 16.8 Å². The molecule has 1 aromatic rings. The van der Waals surface area contributed by atoms with Crippen molar-refractivity contribution in [1.82, 2.24) is 9.62 Å². The Bertz CT molecular complexity index is 629. The largest absolute Gasteiger partial charge is 0.454 e. The molecule has 8 heteroatoms. The summed E-state index contributed by atoms with van der Waals surface area (Å²) in [5, 5.41) is 3.18. The molecule has 2 aliphatic heterocycles. The molecule has 1 atom stereocenters. The van der Waals surface area contributed by atoms with E-state index in [0.717, 1.165) is 13.0 Å². The average molecular weight is 335 g/mol. The Labute approximate surface area is 130 Å². The highest BCUT2D eigenvalue weighted by Gasteiger charge is 2.32. The molecule has 3 rings (SSSR count). The Balaban J connectivity index is 0.00000161. The summed E-state index contributed by atoms with van der Waals surface area (Å²) >= 11 is 0. The van der Waals surface area contributed by atoms with Crippen molar-refractivity contribution in [2.45, 2.75) is 24.3 Å². The number of halogens is 1. The van der Waals surface area contributed by atoms with Gasteiger partial charge < -0.3 is 14.8 Å². The molecule has 0 aromatic heterocycles. The van der Waals surface area contributed by atoms with Crippen LogP contribution in [0.3, 0.4) is 0 Å². The fourth-order valence-corrected chi connectivity index (χ4v) is 4.21. The third kappa shape index (κ3) is 2.83. The standard InChI is InChI=1S/C13H18N2O4S.ClH/c1-9-5-11-12(19-8-18-11)6-13(9)20(16,17)15(2)10-3-4-14-7-10;/h5-6,10,14H,3-4,7-8H2,1-2H3;1H. The molecule has 21 heavy (non-hydrogen) atoms. The highest BCUT2D eigenvalue weighted by Crippen LogP contribution is 2.37. The smallest absolute Gasteiger partial charge is 0.243 e. The van der Waals surface area contributed by atoms with Gasteiger partial charge in [-0.25, -0.2) is 8.42 Å². The number of benzene rings is 1. The molecule has 0 amide bonds. The predicted octanol–water partition coefficient (Wildman–Crippen LogP) is 1.13. The maximum absolute atomic E-state index is 12.7. The van der Waals surface area contributed by atoms with Gasteiger partial charge in [-0.2, -0.15) is 4.31 Å². The van der Waals surface area contributed by atoms with Crippen molar-refractivity contribution in [1.29, 1.82) is 0 Å². The second-order valence-corrected chi connectivity index (χ2v) is 7.10. The van der Waals surface area contributed by atoms with Crippen LogP contribution >= 0.6 is 12.4 Å². The Hall–Kier alpha value is -1.02. The molecule has 1 unspecified atom stereocenters. The van der Waals surface area contributed by atoms with Gasteiger partial charge >= 0.3 is 0 Å². The van der Waals surface area contributed by atoms with E-state index in [0.29, 0.717) is 23.6 Å². The van der Waals surface area contributed by atoms with E-state index in [4.69, 9.17) is 9.47 Å². The molecular formula is C13H19ClN2O4S. The first-order valence-electron chi connectivity index (χ1n) is 6.59. The first kappa shape index (κ1) is 16.4. The summed E-state index contributed by atoms with van der Waals surface area (Å²) in [6.45, 7) is 3.46. The monoisotopic (exact) mass is 334 g/mol. The number of nitrogens with one attached hydrogen (secondary N) is 1. The zero-order valence-electron chi connectivity index (χ0n) is 12.0. The number of rotatable bonds is 3. The minimum absolute atomic E-state index is 0. The molecule has 1 aromatic carbocycles. The summed E-state index contributed by atoms with van der Waals surface area (Å²) in [5.41, 5.74) is 0.673. The van der Waals surface area contributed by atoms with E-state index in [-0.39, 0.29) is 30.1 Å². The minimum Gasteiger partial charge on any atom is -0.454 e. The number of aryl methyl sites for hydroxylation is 1. The first-order chi connectivity index (χ1) is 9.50. The summed E-state index contributed by atoms with van der Waals surface area (Å²) in [5.74, 6) is 1.10. The van der Waals surface area contributed by atoms with E-state index in [1.165, 1.54) is 4.31 Å². The van der Waals surface area contributed by atoms with Crippen molar-refractivity contribution in [2.24, 2.45) is 0 Å². The van der Waals surface area contributed by atoms with Crippen LogP contribution in [0, 0.1) is 6.92 Å². The van der Waals surface area contributed by atoms with E-state index in [9.17, 15) is 8.42 Å². The van der Waals surface area contributed by atoms with Crippen molar-refractivity contribution in [3.8, 4) is 11.5 Å². The molecule has 118 valence electrons. The summed E-state index contributed by atoms with van der Waals surface area (Å²) in [6.07, 6.45) is 0.833. The zero-order chi connectivity index (χ0) is 14.3. The van der Waals surface area contributed by atoms with Gasteiger partial charge in [-0.15, -0.1) is 12.4 Å². The molecule has 0 radical (unpaired) electrons. The van der Waals surface area contributed by atoms with Gasteiger partial charge in [0.1, 0.15) is 0 Å². The average Bonchev–Trinajstić information content (AvgIpc) is 3.07. The number of ether oxygens (including phenoxy) is 2. The lowest BCUT2D eigenvalue weighted by molar-refractivity contribution is 0.174. The van der Waals surface area contributed by atoms with Gasteiger partial charge in [0.15, 0.2) is 11.5 Å². The highest BCUT2D eigenvalue weighted by atomic mass is 35.5. The van der Waals surface area contributed by atoms with Crippen LogP contribution in [-0.2, 0) is 10.0 Å². The van der Waals surface area contributed by atoms with E-state index in [2.05, 4.69) is 5.32 Å². The van der Waals surface area contributed by atoms with Crippen molar-refractivity contribution in [2.75, 3.05) is 26.9 Å². The molecule has 0 saturated carbocycles. The third-order valence-corrected chi connectivity index (χ3v) is 5.93. The molecule has 1 fully saturated rings. The summed E-state index contributed by atoms with van der Waals surface area (Å²) in [6, 6.07) is 3.28. The maximum atomic E-state index is 12.7. The van der Waals surface area contributed by atoms with Gasteiger partial charge in [-0.1, -0.05) is 0 Å². The Morgan fingerprint density at radius 1 is 1.29 bits per heavy atom. The van der Waals surface area contributed by atoms with Crippen molar-refractivity contribution in [3.63, 3.8) is 0 Å². The van der Waals surface area contributed by atoms with Crippen LogP contribution in [0.2, 0.25) is 0 Å². The van der Waals surface area contributed by atoms with Crippen LogP contribution in [-0.4, -0.2) is 45.7 Å². The Morgan fingerprint density at radius 3 is 2.57 bits per heavy atom. The van der Waals surface area contributed by atoms with Crippen LogP contribution in [0.1, 0.15) is 12.0 Å². The van der Waals surface area contributed by atoms with Gasteiger partial charge in [-0.3, -0.25) is 0 Å². The predicted molar refractivity (Wildman–Crippen MR) is 80.8 cm³/mol. The first-order valence-corrected chi connectivity index (χ1v) is 8.03. The van der Waals surface area contributed by atoms with E-state index < -0.39 is 10.0 Å². The van der Waals surface area contributed by atoms with Gasteiger partial charge in [-0.05, 0) is 31.5 Å². The summed E-state index contributed by atoms with van der Waals surface area (Å²) in [4.78, 5) is 0.288. The topological polar surface area (TPSA) is 67.9 Å². The second-order valence-electron chi connectivity index (χ2n) is 5.14. The molecule has 2 heterocycles. The summed E-state index contributed by atoms with van der Waals surface area (Å²) in [7, 11) is -1.88. The highest BCUT2D eigenvalue weighted by molar-refractivity contribution is 7.89. The van der Waals surface area contributed by atoms with Gasteiger partial charge in [0, 0.05) is 25.7 Å². The molecular weight excluding hydrogens is 316 g/mol. The molecule has 0 aliphatic carbocycles. The lowest BCUT2D eigenvalue weighted by Gasteiger charge is -2.24. The molecule has 6 nitrogen and oxygen atoms in total. The Morgan fingerprint density at radius 2 is 1.95 bits per heavy atom. The Kier molecular flexibility index (Phi) is 4.67. The van der Waals surface area contributed by atoms with Crippen molar-refractivity contribution < 1.29 is 17.9 Å². The van der Waals surface area contributed by atoms with Crippen LogP contribution in [0.15, 0.2) is 17.0 Å². The van der Waals surface area contributed by atoms with Crippen molar-refractivity contribution in [3.05, 3.63) is 17.7 Å². The number of nitrogens with zero attached hydrogens (tertiary/aromatic N) is 1. The number of sulfonamides is 1. The molecule has 2 aliphatic rings. The van der Waals surface area contributed by atoms with Crippen LogP contribution in [0.25, 0.3) is 0 Å². The second kappa shape index (κ2) is 6.00. The van der Waals surface area contributed by atoms with E-state index in [1.54, 1.807) is 26.1 Å². The maximum Gasteiger partial charge on any atom is 0.243 e. The summed E-state index contributed by atoms with van der Waals surface area (Å²) < 4.78 is 37.5. The number of hydrogen-bond donors (Lipinski definition) is 1. The molecule has 1 N–H and O–H groups in total. The van der Waals surface area contributed by atoms with Crippen molar-refractivity contribution >= 4 is 22.4 Å². The SMILES string of the molecule is Cc1cc2c(cc1S(=O)(=O)N(C)C1CCNC1)OCO2.Cl. The number of hydrogen-bond acceptors (Lipinski definition) is 5. The lowest BCUT2D eigenvalue weighted by Crippen LogP contribution is -2.38. The minimum atomic E-state index is -3.52. The molecule has 1 saturated heterocycles. The zero-order valence-corrected chi connectivity index (χ0v) is 13.6. The fraction of sp³-hybridized carbons (Fsp3) is 0.538. The third-order valence-electron chi connectivity index (χ3n) is 3.88. The molecule has 0 bridgehead atoms. The fourth-order valence-electron chi connectivity index (χ4n) is 2.60. The van der Waals surface area contributed by atoms with Gasteiger partial charge in [0.25, 0.3) is 0 Å². The van der Waals surface area contributed by atoms with Gasteiger partial charge in [0.05, 0.1) is 4.90 Å². The number of likely N-dealkylation sites (N-methyl/N-ethyl adjacent to an activating group) is 1. The lowest BCUT2D eigenvalue weighted by atomic mass is 10.2. The van der Waals surface area contributed by atoms with E-state index in [1.807, 2.05) is 0 Å². The van der Waals surface area contributed by atoms with E-state index >= 15 is 0 Å². The van der Waals surface area contributed by atoms with Crippen LogP contribution < -0.4 is 14.8 Å². The van der Waals surface area contributed by atoms with Crippen LogP contribution in [0.4, 0.5) is 0 Å². The molecule has 0 spiro atoms. The normalized spacial score (nSPS) is 20.6. The van der Waals surface area contributed by atoms with Crippen LogP contribution in [0.5, 0.6) is 11.5 Å².